The summed E-state index contributed by atoms with van der Waals surface area (Å²) in [5, 5.41) is 6.87. The van der Waals surface area contributed by atoms with Crippen LogP contribution in [-0.2, 0) is 0 Å². The largest absolute Gasteiger partial charge is 0.372 e. The number of aliphatic imine (C=N–C) groups is 1. The van der Waals surface area contributed by atoms with Gasteiger partial charge < -0.3 is 20.4 Å². The van der Waals surface area contributed by atoms with Crippen molar-refractivity contribution in [1.29, 1.82) is 0 Å². The summed E-state index contributed by atoms with van der Waals surface area (Å²) in [4.78, 5) is 9.32. The second kappa shape index (κ2) is 15.0. The first kappa shape index (κ1) is 24.0. The van der Waals surface area contributed by atoms with Crippen LogP contribution in [-0.4, -0.2) is 63.7 Å². The molecule has 2 rings (SSSR count). The molecule has 0 unspecified atom stereocenters. The van der Waals surface area contributed by atoms with E-state index in [9.17, 15) is 0 Å². The molecule has 1 aromatic carbocycles. The summed E-state index contributed by atoms with van der Waals surface area (Å²) in [5.41, 5.74) is 1.30. The van der Waals surface area contributed by atoms with E-state index in [-0.39, 0.29) is 24.0 Å². The molecule has 1 aliphatic rings. The minimum atomic E-state index is 0. The van der Waals surface area contributed by atoms with E-state index < -0.39 is 0 Å². The zero-order valence-corrected chi connectivity index (χ0v) is 19.5. The van der Waals surface area contributed by atoms with Crippen molar-refractivity contribution < 1.29 is 0 Å². The second-order valence-corrected chi connectivity index (χ2v) is 6.95. The molecule has 1 saturated heterocycles. The molecule has 0 radical (unpaired) electrons. The normalized spacial score (nSPS) is 14.7. The van der Waals surface area contributed by atoms with Crippen LogP contribution in [0.4, 0.5) is 5.69 Å². The topological polar surface area (TPSA) is 42.9 Å². The number of nitrogens with one attached hydrogen (secondary N) is 2. The van der Waals surface area contributed by atoms with Gasteiger partial charge >= 0.3 is 0 Å². The zero-order chi connectivity index (χ0) is 18.5. The van der Waals surface area contributed by atoms with Gasteiger partial charge in [-0.05, 0) is 70.8 Å². The third kappa shape index (κ3) is 9.65. The number of benzene rings is 1. The smallest absolute Gasteiger partial charge is 0.190 e. The SMILES string of the molecule is CCN(CCCNC(=NC)NCCCCN1CCCC1)c1ccccc1.I. The lowest BCUT2D eigenvalue weighted by Gasteiger charge is -2.23. The summed E-state index contributed by atoms with van der Waals surface area (Å²) in [7, 11) is 1.85. The number of halogens is 1. The number of unbranched alkanes of at least 4 members (excludes halogenated alkanes) is 1. The fourth-order valence-electron chi connectivity index (χ4n) is 3.48. The van der Waals surface area contributed by atoms with E-state index in [1.807, 2.05) is 7.05 Å². The third-order valence-electron chi connectivity index (χ3n) is 5.02. The molecular formula is C21H38IN5. The van der Waals surface area contributed by atoms with Crippen LogP contribution in [0.5, 0.6) is 0 Å². The van der Waals surface area contributed by atoms with Crippen LogP contribution in [0.25, 0.3) is 0 Å². The highest BCUT2D eigenvalue weighted by molar-refractivity contribution is 14.0. The second-order valence-electron chi connectivity index (χ2n) is 6.95. The summed E-state index contributed by atoms with van der Waals surface area (Å²) >= 11 is 0. The maximum absolute atomic E-state index is 4.33. The number of nitrogens with zero attached hydrogens (tertiary/aromatic N) is 3. The predicted molar refractivity (Wildman–Crippen MR) is 129 cm³/mol. The maximum Gasteiger partial charge on any atom is 0.190 e. The molecule has 0 spiro atoms. The minimum Gasteiger partial charge on any atom is -0.372 e. The first-order valence-corrected chi connectivity index (χ1v) is 10.3. The van der Waals surface area contributed by atoms with E-state index in [4.69, 9.17) is 0 Å². The van der Waals surface area contributed by atoms with Crippen molar-refractivity contribution in [1.82, 2.24) is 15.5 Å². The number of hydrogen-bond donors (Lipinski definition) is 2. The molecule has 0 atom stereocenters. The third-order valence-corrected chi connectivity index (χ3v) is 5.02. The minimum absolute atomic E-state index is 0. The van der Waals surface area contributed by atoms with Gasteiger partial charge in [-0.25, -0.2) is 0 Å². The van der Waals surface area contributed by atoms with Gasteiger partial charge in [0.15, 0.2) is 5.96 Å². The standard InChI is InChI=1S/C21H37N5.HI/c1-3-26(20-12-5-4-6-13-20)19-11-15-24-21(22-2)23-14-7-8-16-25-17-9-10-18-25;/h4-6,12-13H,3,7-11,14-19H2,1-2H3,(H2,22,23,24);1H. The maximum atomic E-state index is 4.33. The van der Waals surface area contributed by atoms with Gasteiger partial charge in [0.1, 0.15) is 0 Å². The monoisotopic (exact) mass is 487 g/mol. The van der Waals surface area contributed by atoms with E-state index in [1.165, 1.54) is 51.0 Å². The van der Waals surface area contributed by atoms with Gasteiger partial charge in [-0.15, -0.1) is 24.0 Å². The van der Waals surface area contributed by atoms with Crippen LogP contribution in [0.15, 0.2) is 35.3 Å². The highest BCUT2D eigenvalue weighted by atomic mass is 127. The van der Waals surface area contributed by atoms with Crippen molar-refractivity contribution >= 4 is 35.6 Å². The molecule has 1 aromatic rings. The Kier molecular flexibility index (Phi) is 13.3. The van der Waals surface area contributed by atoms with Crippen molar-refractivity contribution in [3.63, 3.8) is 0 Å². The van der Waals surface area contributed by atoms with Gasteiger partial charge in [0.25, 0.3) is 0 Å². The lowest BCUT2D eigenvalue weighted by Crippen LogP contribution is -2.39. The average Bonchev–Trinajstić information content (AvgIpc) is 3.20. The van der Waals surface area contributed by atoms with Crippen LogP contribution in [0.1, 0.15) is 39.0 Å². The highest BCUT2D eigenvalue weighted by Crippen LogP contribution is 2.12. The van der Waals surface area contributed by atoms with Crippen LogP contribution in [0, 0.1) is 0 Å². The van der Waals surface area contributed by atoms with E-state index in [1.54, 1.807) is 0 Å². The van der Waals surface area contributed by atoms with Crippen molar-refractivity contribution in [2.75, 3.05) is 57.8 Å². The molecule has 0 saturated carbocycles. The van der Waals surface area contributed by atoms with Gasteiger partial charge in [-0.2, -0.15) is 0 Å². The summed E-state index contributed by atoms with van der Waals surface area (Å²) in [6.45, 7) is 10.1. The first-order chi connectivity index (χ1) is 12.8. The molecule has 0 aromatic heterocycles. The van der Waals surface area contributed by atoms with Crippen molar-refractivity contribution in [2.45, 2.75) is 39.0 Å². The Bertz CT molecular complexity index is 503. The van der Waals surface area contributed by atoms with E-state index in [0.717, 1.165) is 38.6 Å². The van der Waals surface area contributed by atoms with Gasteiger partial charge in [-0.3, -0.25) is 4.99 Å². The number of rotatable bonds is 11. The number of hydrogen-bond acceptors (Lipinski definition) is 3. The van der Waals surface area contributed by atoms with Crippen LogP contribution in [0.2, 0.25) is 0 Å². The van der Waals surface area contributed by atoms with Crippen LogP contribution in [0.3, 0.4) is 0 Å². The molecule has 1 aliphatic heterocycles. The Morgan fingerprint density at radius 3 is 2.33 bits per heavy atom. The fourth-order valence-corrected chi connectivity index (χ4v) is 3.48. The lowest BCUT2D eigenvalue weighted by molar-refractivity contribution is 0.330. The van der Waals surface area contributed by atoms with Gasteiger partial charge in [-0.1, -0.05) is 18.2 Å². The van der Waals surface area contributed by atoms with Crippen molar-refractivity contribution in [2.24, 2.45) is 4.99 Å². The van der Waals surface area contributed by atoms with E-state index in [2.05, 4.69) is 62.7 Å². The number of anilines is 1. The van der Waals surface area contributed by atoms with Crippen LogP contribution >= 0.6 is 24.0 Å². The summed E-state index contributed by atoms with van der Waals surface area (Å²) in [6.07, 6.45) is 6.34. The molecule has 6 heteroatoms. The number of para-hydroxylation sites is 1. The Balaban J connectivity index is 0.00000364. The molecule has 5 nitrogen and oxygen atoms in total. The van der Waals surface area contributed by atoms with Gasteiger partial charge in [0.2, 0.25) is 0 Å². The summed E-state index contributed by atoms with van der Waals surface area (Å²) < 4.78 is 0. The molecule has 0 amide bonds. The molecule has 27 heavy (non-hydrogen) atoms. The predicted octanol–water partition coefficient (Wildman–Crippen LogP) is 3.56. The van der Waals surface area contributed by atoms with Gasteiger partial charge in [0, 0.05) is 38.9 Å². The Morgan fingerprint density at radius 2 is 1.70 bits per heavy atom. The Labute approximate surface area is 183 Å². The highest BCUT2D eigenvalue weighted by Gasteiger charge is 2.10. The Hall–Kier alpha value is -1.02. The molecule has 154 valence electrons. The molecule has 1 fully saturated rings. The average molecular weight is 487 g/mol. The first-order valence-electron chi connectivity index (χ1n) is 10.3. The van der Waals surface area contributed by atoms with E-state index >= 15 is 0 Å². The molecular weight excluding hydrogens is 449 g/mol. The summed E-state index contributed by atoms with van der Waals surface area (Å²) in [5.74, 6) is 0.925. The lowest BCUT2D eigenvalue weighted by atomic mass is 10.2. The Morgan fingerprint density at radius 1 is 1.04 bits per heavy atom. The molecule has 1 heterocycles. The zero-order valence-electron chi connectivity index (χ0n) is 17.1. The van der Waals surface area contributed by atoms with Crippen LogP contribution < -0.4 is 15.5 Å². The molecule has 0 bridgehead atoms. The molecule has 2 N–H and O–H groups in total. The van der Waals surface area contributed by atoms with Crippen molar-refractivity contribution in [3.05, 3.63) is 30.3 Å². The number of likely N-dealkylation sites (tertiary alicyclic amines) is 1. The summed E-state index contributed by atoms with van der Waals surface area (Å²) in [6, 6.07) is 10.6. The van der Waals surface area contributed by atoms with E-state index in [0.29, 0.717) is 0 Å². The fraction of sp³-hybridized carbons (Fsp3) is 0.667. The molecule has 0 aliphatic carbocycles. The number of guanidine groups is 1. The van der Waals surface area contributed by atoms with Crippen molar-refractivity contribution in [3.8, 4) is 0 Å². The quantitative estimate of drug-likeness (QED) is 0.217. The van der Waals surface area contributed by atoms with Gasteiger partial charge in [0.05, 0.1) is 0 Å².